The van der Waals surface area contributed by atoms with Gasteiger partial charge in [-0.25, -0.2) is 4.79 Å². The molecule has 4 aromatic rings. The smallest absolute Gasteiger partial charge is 0.444 e. The van der Waals surface area contributed by atoms with E-state index in [-0.39, 0.29) is 12.4 Å². The number of carbonyl (C=O) groups is 1. The van der Waals surface area contributed by atoms with Gasteiger partial charge in [0, 0.05) is 28.4 Å². The fourth-order valence-corrected chi connectivity index (χ4v) is 2.89. The molecule has 0 unspecified atom stereocenters. The number of benzene rings is 2. The van der Waals surface area contributed by atoms with Gasteiger partial charge in [0.2, 0.25) is 5.82 Å². The zero-order chi connectivity index (χ0) is 22.0. The lowest BCUT2D eigenvalue weighted by molar-refractivity contribution is -0.159. The number of para-hydroxylation sites is 1. The number of aryl methyl sites for hydroxylation is 1. The molecule has 1 N–H and O–H groups in total. The van der Waals surface area contributed by atoms with Crippen molar-refractivity contribution < 1.29 is 27.2 Å². The molecule has 2 aromatic carbocycles. The lowest BCUT2D eigenvalue weighted by Crippen LogP contribution is -2.14. The Morgan fingerprint density at radius 3 is 2.71 bits per heavy atom. The number of rotatable bonds is 4. The molecule has 0 aliphatic heterocycles. The predicted molar refractivity (Wildman–Crippen MR) is 105 cm³/mol. The number of hydrogen-bond acceptors (Lipinski definition) is 6. The molecule has 0 radical (unpaired) electrons. The number of halogens is 3. The van der Waals surface area contributed by atoms with Crippen LogP contribution in [0.15, 0.2) is 59.3 Å². The predicted octanol–water partition coefficient (Wildman–Crippen LogP) is 5.36. The minimum absolute atomic E-state index is 0.0316. The fraction of sp³-hybridized carbons (Fsp3) is 0.143. The van der Waals surface area contributed by atoms with Crippen molar-refractivity contribution in [3.8, 4) is 11.4 Å². The maximum Gasteiger partial charge on any atom is 0.471 e. The molecule has 1 amide bonds. The van der Waals surface area contributed by atoms with E-state index in [0.717, 1.165) is 16.5 Å². The number of carbonyl (C=O) groups excluding carboxylic acids is 1. The van der Waals surface area contributed by atoms with Crippen molar-refractivity contribution in [1.82, 2.24) is 15.1 Å². The van der Waals surface area contributed by atoms with E-state index < -0.39 is 18.2 Å². The molecule has 2 aromatic heterocycles. The van der Waals surface area contributed by atoms with Gasteiger partial charge in [0.25, 0.3) is 0 Å². The van der Waals surface area contributed by atoms with Gasteiger partial charge in [-0.2, -0.15) is 18.2 Å². The number of ether oxygens (including phenoxy) is 1. The Hall–Kier alpha value is -3.95. The number of nitrogens with one attached hydrogen (secondary N) is 1. The summed E-state index contributed by atoms with van der Waals surface area (Å²) in [6, 6.07) is 14.0. The Morgan fingerprint density at radius 1 is 1.16 bits per heavy atom. The first kappa shape index (κ1) is 20.3. The van der Waals surface area contributed by atoms with Gasteiger partial charge < -0.3 is 9.26 Å². The molecule has 2 heterocycles. The summed E-state index contributed by atoms with van der Waals surface area (Å²) in [6.45, 7) is 1.71. The van der Waals surface area contributed by atoms with Crippen LogP contribution in [0.4, 0.5) is 23.7 Å². The van der Waals surface area contributed by atoms with Crippen LogP contribution in [-0.4, -0.2) is 21.2 Å². The highest BCUT2D eigenvalue weighted by molar-refractivity contribution is 5.86. The highest BCUT2D eigenvalue weighted by Gasteiger charge is 2.38. The van der Waals surface area contributed by atoms with E-state index in [0.29, 0.717) is 16.8 Å². The second-order valence-electron chi connectivity index (χ2n) is 6.69. The van der Waals surface area contributed by atoms with Crippen LogP contribution in [0, 0.1) is 6.92 Å². The zero-order valence-electron chi connectivity index (χ0n) is 16.1. The summed E-state index contributed by atoms with van der Waals surface area (Å²) in [5.74, 6) is -1.62. The molecular weight excluding hydrogens is 413 g/mol. The van der Waals surface area contributed by atoms with Crippen molar-refractivity contribution in [1.29, 1.82) is 0 Å². The van der Waals surface area contributed by atoms with Crippen LogP contribution < -0.4 is 5.32 Å². The molecule has 0 atom stereocenters. The number of nitrogens with zero attached hydrogens (tertiary/aromatic N) is 3. The van der Waals surface area contributed by atoms with Gasteiger partial charge >= 0.3 is 18.2 Å². The molecule has 0 saturated carbocycles. The minimum atomic E-state index is -4.72. The van der Waals surface area contributed by atoms with Gasteiger partial charge in [-0.15, -0.1) is 0 Å². The normalized spacial score (nSPS) is 11.5. The van der Waals surface area contributed by atoms with E-state index in [2.05, 4.69) is 25.0 Å². The molecule has 0 fully saturated rings. The van der Waals surface area contributed by atoms with E-state index in [1.54, 1.807) is 13.1 Å². The molecule has 0 aliphatic rings. The van der Waals surface area contributed by atoms with Crippen molar-refractivity contribution in [2.75, 3.05) is 5.32 Å². The van der Waals surface area contributed by atoms with Crippen molar-refractivity contribution in [2.24, 2.45) is 0 Å². The number of amides is 1. The SMILES string of the molecule is Cc1cc(-c2noc(C(F)(F)F)n2)ccc1NC(=O)OCc1cnc2ccccc2c1. The van der Waals surface area contributed by atoms with Crippen molar-refractivity contribution in [2.45, 2.75) is 19.7 Å². The molecule has 4 rings (SSSR count). The fourth-order valence-electron chi connectivity index (χ4n) is 2.89. The Kier molecular flexibility index (Phi) is 5.28. The van der Waals surface area contributed by atoms with Crippen LogP contribution in [0.2, 0.25) is 0 Å². The van der Waals surface area contributed by atoms with Crippen LogP contribution >= 0.6 is 0 Å². The lowest BCUT2D eigenvalue weighted by Gasteiger charge is -2.10. The average molecular weight is 428 g/mol. The molecule has 158 valence electrons. The third-order valence-corrected chi connectivity index (χ3v) is 4.41. The number of anilines is 1. The molecule has 0 aliphatic carbocycles. The van der Waals surface area contributed by atoms with Crippen LogP contribution in [0.1, 0.15) is 17.0 Å². The lowest BCUT2D eigenvalue weighted by atomic mass is 10.1. The van der Waals surface area contributed by atoms with Gasteiger partial charge in [-0.3, -0.25) is 10.3 Å². The second kappa shape index (κ2) is 8.05. The standard InChI is InChI=1S/C21H15F3N4O3/c1-12-8-15(18-27-19(31-28-18)21(22,23)24)6-7-16(12)26-20(29)30-11-13-9-14-4-2-3-5-17(14)25-10-13/h2-10H,11H2,1H3,(H,26,29). The van der Waals surface area contributed by atoms with Crippen LogP contribution in [-0.2, 0) is 17.5 Å². The summed E-state index contributed by atoms with van der Waals surface area (Å²) >= 11 is 0. The number of fused-ring (bicyclic) bond motifs is 1. The summed E-state index contributed by atoms with van der Waals surface area (Å²) in [7, 11) is 0. The summed E-state index contributed by atoms with van der Waals surface area (Å²) in [5.41, 5.74) is 2.91. The Balaban J connectivity index is 1.40. The first-order chi connectivity index (χ1) is 14.8. The number of alkyl halides is 3. The van der Waals surface area contributed by atoms with E-state index >= 15 is 0 Å². The van der Waals surface area contributed by atoms with E-state index in [9.17, 15) is 18.0 Å². The van der Waals surface area contributed by atoms with E-state index in [1.807, 2.05) is 30.3 Å². The van der Waals surface area contributed by atoms with Gasteiger partial charge in [0.1, 0.15) is 6.61 Å². The van der Waals surface area contributed by atoms with Crippen molar-refractivity contribution in [3.63, 3.8) is 0 Å². The largest absolute Gasteiger partial charge is 0.471 e. The van der Waals surface area contributed by atoms with E-state index in [4.69, 9.17) is 4.74 Å². The van der Waals surface area contributed by atoms with Crippen LogP contribution in [0.25, 0.3) is 22.3 Å². The highest BCUT2D eigenvalue weighted by Crippen LogP contribution is 2.30. The third-order valence-electron chi connectivity index (χ3n) is 4.41. The summed E-state index contributed by atoms with van der Waals surface area (Å²) in [4.78, 5) is 19.8. The van der Waals surface area contributed by atoms with Crippen LogP contribution in [0.3, 0.4) is 0 Å². The average Bonchev–Trinajstić information content (AvgIpc) is 3.24. The van der Waals surface area contributed by atoms with Crippen molar-refractivity contribution >= 4 is 22.7 Å². The number of aromatic nitrogens is 3. The summed E-state index contributed by atoms with van der Waals surface area (Å²) in [5, 5.41) is 6.88. The maximum atomic E-state index is 12.6. The molecule has 0 bridgehead atoms. The molecular formula is C21H15F3N4O3. The van der Waals surface area contributed by atoms with Gasteiger partial charge in [0.15, 0.2) is 0 Å². The topological polar surface area (TPSA) is 90.1 Å². The minimum Gasteiger partial charge on any atom is -0.444 e. The summed E-state index contributed by atoms with van der Waals surface area (Å²) < 4.78 is 47.3. The summed E-state index contributed by atoms with van der Waals surface area (Å²) in [6.07, 6.45) is -3.76. The van der Waals surface area contributed by atoms with E-state index in [1.165, 1.54) is 18.2 Å². The molecule has 10 heteroatoms. The van der Waals surface area contributed by atoms with Gasteiger partial charge in [0.05, 0.1) is 5.52 Å². The van der Waals surface area contributed by atoms with Crippen LogP contribution in [0.5, 0.6) is 0 Å². The monoisotopic (exact) mass is 428 g/mol. The van der Waals surface area contributed by atoms with Gasteiger partial charge in [-0.05, 0) is 42.8 Å². The number of hydrogen-bond donors (Lipinski definition) is 1. The third kappa shape index (κ3) is 4.63. The van der Waals surface area contributed by atoms with Gasteiger partial charge in [-0.1, -0.05) is 23.4 Å². The zero-order valence-corrected chi connectivity index (χ0v) is 16.1. The quantitative estimate of drug-likeness (QED) is 0.471. The molecule has 7 nitrogen and oxygen atoms in total. The molecule has 31 heavy (non-hydrogen) atoms. The first-order valence-corrected chi connectivity index (χ1v) is 9.09. The molecule has 0 saturated heterocycles. The Morgan fingerprint density at radius 2 is 1.97 bits per heavy atom. The maximum absolute atomic E-state index is 12.6. The Labute approximate surface area is 173 Å². The number of pyridine rings is 1. The first-order valence-electron chi connectivity index (χ1n) is 9.09. The highest BCUT2D eigenvalue weighted by atomic mass is 19.4. The molecule has 0 spiro atoms. The Bertz CT molecular complexity index is 1250. The second-order valence-corrected chi connectivity index (χ2v) is 6.69. The van der Waals surface area contributed by atoms with Crippen molar-refractivity contribution in [3.05, 3.63) is 71.7 Å².